The predicted molar refractivity (Wildman–Crippen MR) is 62.0 cm³/mol. The molecule has 0 aromatic rings. The number of likely N-dealkylation sites (tertiary alicyclic amines) is 1. The molecule has 0 aromatic carbocycles. The number of hydrogen-bond acceptors (Lipinski definition) is 3. The first-order valence-electron chi connectivity index (χ1n) is 5.57. The Morgan fingerprint density at radius 1 is 1.47 bits per heavy atom. The molecule has 1 N–H and O–H groups in total. The Bertz CT molecular complexity index is 274. The molecule has 0 radical (unpaired) electrons. The van der Waals surface area contributed by atoms with E-state index < -0.39 is 5.60 Å². The first kappa shape index (κ1) is 11.3. The zero-order valence-corrected chi connectivity index (χ0v) is 10.1. The van der Waals surface area contributed by atoms with E-state index in [1.165, 1.54) is 0 Å². The molecule has 1 atom stereocenters. The number of amides is 1. The van der Waals surface area contributed by atoms with Gasteiger partial charge >= 0.3 is 0 Å². The van der Waals surface area contributed by atoms with Gasteiger partial charge in [-0.1, -0.05) is 0 Å². The minimum absolute atomic E-state index is 0.189. The van der Waals surface area contributed by atoms with Crippen molar-refractivity contribution in [2.75, 3.05) is 18.8 Å². The van der Waals surface area contributed by atoms with Crippen LogP contribution in [-0.4, -0.2) is 40.4 Å². The number of carbonyl (C=O) groups is 1. The van der Waals surface area contributed by atoms with Crippen LogP contribution in [0.3, 0.4) is 0 Å². The molecule has 2 rings (SSSR count). The molecule has 3 nitrogen and oxygen atoms in total. The van der Waals surface area contributed by atoms with Crippen LogP contribution in [0.15, 0.2) is 0 Å². The van der Waals surface area contributed by atoms with Crippen molar-refractivity contribution in [1.29, 1.82) is 0 Å². The smallest absolute Gasteiger partial charge is 0.223 e. The van der Waals surface area contributed by atoms with Crippen LogP contribution in [0, 0.1) is 5.41 Å². The average molecular weight is 229 g/mol. The lowest BCUT2D eigenvalue weighted by Crippen LogP contribution is -2.35. The molecule has 4 heteroatoms. The number of rotatable bonds is 3. The van der Waals surface area contributed by atoms with Crippen molar-refractivity contribution < 1.29 is 9.90 Å². The molecule has 15 heavy (non-hydrogen) atoms. The van der Waals surface area contributed by atoms with Crippen LogP contribution < -0.4 is 0 Å². The first-order valence-corrected chi connectivity index (χ1v) is 6.21. The van der Waals surface area contributed by atoms with Gasteiger partial charge in [0.1, 0.15) is 0 Å². The van der Waals surface area contributed by atoms with Crippen LogP contribution >= 0.6 is 12.6 Å². The summed E-state index contributed by atoms with van der Waals surface area (Å²) in [5.41, 5.74) is -0.484. The van der Waals surface area contributed by atoms with E-state index in [1.807, 2.05) is 0 Å². The van der Waals surface area contributed by atoms with Crippen molar-refractivity contribution in [3.05, 3.63) is 0 Å². The lowest BCUT2D eigenvalue weighted by Gasteiger charge is -2.21. The van der Waals surface area contributed by atoms with Crippen LogP contribution in [0.5, 0.6) is 0 Å². The Kier molecular flexibility index (Phi) is 2.75. The van der Waals surface area contributed by atoms with Gasteiger partial charge in [-0.3, -0.25) is 4.79 Å². The monoisotopic (exact) mass is 229 g/mol. The summed E-state index contributed by atoms with van der Waals surface area (Å²) in [7, 11) is 0. The van der Waals surface area contributed by atoms with Gasteiger partial charge in [-0.2, -0.15) is 12.6 Å². The number of β-amino-alcohol motifs (C(OH)–C–C–N with tert-alkyl or cyclic N) is 1. The predicted octanol–water partition coefficient (Wildman–Crippen LogP) is 1.07. The molecule has 1 unspecified atom stereocenters. The van der Waals surface area contributed by atoms with Gasteiger partial charge in [0.25, 0.3) is 0 Å². The summed E-state index contributed by atoms with van der Waals surface area (Å²) in [5.74, 6) is 1.00. The van der Waals surface area contributed by atoms with Crippen molar-refractivity contribution in [3.8, 4) is 0 Å². The van der Waals surface area contributed by atoms with Gasteiger partial charge in [0.05, 0.1) is 5.60 Å². The molecule has 0 aromatic heterocycles. The van der Waals surface area contributed by atoms with Gasteiger partial charge in [-0.15, -0.1) is 0 Å². The number of aliphatic hydroxyl groups is 1. The van der Waals surface area contributed by atoms with E-state index in [1.54, 1.807) is 11.8 Å². The topological polar surface area (TPSA) is 40.5 Å². The summed E-state index contributed by atoms with van der Waals surface area (Å²) in [6.45, 7) is 2.99. The lowest BCUT2D eigenvalue weighted by molar-refractivity contribution is -0.132. The van der Waals surface area contributed by atoms with E-state index in [2.05, 4.69) is 12.6 Å². The van der Waals surface area contributed by atoms with E-state index in [4.69, 9.17) is 0 Å². The maximum atomic E-state index is 11.9. The molecule has 1 heterocycles. The highest BCUT2D eigenvalue weighted by Gasteiger charge is 2.45. The molecule has 2 fully saturated rings. The van der Waals surface area contributed by atoms with Crippen molar-refractivity contribution in [2.45, 2.75) is 38.2 Å². The van der Waals surface area contributed by atoms with E-state index in [-0.39, 0.29) is 11.3 Å². The largest absolute Gasteiger partial charge is 0.388 e. The molecule has 1 amide bonds. The van der Waals surface area contributed by atoms with Crippen molar-refractivity contribution in [2.24, 2.45) is 5.41 Å². The second kappa shape index (κ2) is 3.67. The molecule has 86 valence electrons. The highest BCUT2D eigenvalue weighted by atomic mass is 32.1. The number of nitrogens with zero attached hydrogens (tertiary/aromatic N) is 1. The Morgan fingerprint density at radius 3 is 2.53 bits per heavy atom. The van der Waals surface area contributed by atoms with E-state index in [0.717, 1.165) is 18.6 Å². The normalized spacial score (nSPS) is 33.1. The zero-order valence-electron chi connectivity index (χ0n) is 9.20. The van der Waals surface area contributed by atoms with Gasteiger partial charge in [-0.05, 0) is 37.4 Å². The molecule has 1 saturated heterocycles. The fourth-order valence-electron chi connectivity index (χ4n) is 2.16. The maximum Gasteiger partial charge on any atom is 0.223 e. The average Bonchev–Trinajstić information content (AvgIpc) is 2.84. The van der Waals surface area contributed by atoms with Crippen molar-refractivity contribution >= 4 is 18.5 Å². The summed E-state index contributed by atoms with van der Waals surface area (Å²) in [6.07, 6.45) is 3.58. The van der Waals surface area contributed by atoms with Gasteiger partial charge in [0.15, 0.2) is 0 Å². The fraction of sp³-hybridized carbons (Fsp3) is 0.909. The van der Waals surface area contributed by atoms with E-state index >= 15 is 0 Å². The van der Waals surface area contributed by atoms with Crippen LogP contribution in [0.1, 0.15) is 32.6 Å². The summed E-state index contributed by atoms with van der Waals surface area (Å²) >= 11 is 4.29. The number of thiol groups is 1. The third-order valence-electron chi connectivity index (χ3n) is 3.62. The van der Waals surface area contributed by atoms with Crippen molar-refractivity contribution in [1.82, 2.24) is 4.90 Å². The quantitative estimate of drug-likeness (QED) is 0.711. The number of hydrogen-bond donors (Lipinski definition) is 2. The molecular weight excluding hydrogens is 210 g/mol. The summed E-state index contributed by atoms with van der Waals surface area (Å²) in [6, 6.07) is 0. The third-order valence-corrected chi connectivity index (χ3v) is 4.29. The Morgan fingerprint density at radius 2 is 2.13 bits per heavy atom. The molecule has 1 saturated carbocycles. The van der Waals surface area contributed by atoms with Gasteiger partial charge in [0, 0.05) is 19.5 Å². The second-order valence-corrected chi connectivity index (χ2v) is 5.71. The highest BCUT2D eigenvalue weighted by Crippen LogP contribution is 2.50. The Labute approximate surface area is 96.2 Å². The maximum absolute atomic E-state index is 11.9. The molecule has 0 spiro atoms. The summed E-state index contributed by atoms with van der Waals surface area (Å²) in [5, 5.41) is 9.78. The van der Waals surface area contributed by atoms with Crippen LogP contribution in [-0.2, 0) is 4.79 Å². The highest BCUT2D eigenvalue weighted by molar-refractivity contribution is 7.80. The molecule has 1 aliphatic carbocycles. The SMILES string of the molecule is CC1(O)CCN(C(=O)CC2(CS)CC2)C1. The van der Waals surface area contributed by atoms with E-state index in [9.17, 15) is 9.90 Å². The fourth-order valence-corrected chi connectivity index (χ4v) is 2.59. The molecule has 1 aliphatic heterocycles. The standard InChI is InChI=1S/C11H19NO2S/c1-10(14)4-5-12(7-10)9(13)6-11(8-15)2-3-11/h14-15H,2-8H2,1H3. The molecular formula is C11H19NO2S. The van der Waals surface area contributed by atoms with Crippen molar-refractivity contribution in [3.63, 3.8) is 0 Å². The number of carbonyl (C=O) groups excluding carboxylic acids is 1. The lowest BCUT2D eigenvalue weighted by atomic mass is 10.0. The Hall–Kier alpha value is -0.220. The third kappa shape index (κ3) is 2.48. The Balaban J connectivity index is 1.87. The molecule has 2 aliphatic rings. The zero-order chi connectivity index (χ0) is 11.1. The van der Waals surface area contributed by atoms with Crippen LogP contribution in [0.2, 0.25) is 0 Å². The van der Waals surface area contributed by atoms with Crippen LogP contribution in [0.25, 0.3) is 0 Å². The van der Waals surface area contributed by atoms with Gasteiger partial charge < -0.3 is 10.0 Å². The van der Waals surface area contributed by atoms with Gasteiger partial charge in [-0.25, -0.2) is 0 Å². The van der Waals surface area contributed by atoms with E-state index in [0.29, 0.717) is 25.9 Å². The van der Waals surface area contributed by atoms with Crippen LogP contribution in [0.4, 0.5) is 0 Å². The minimum Gasteiger partial charge on any atom is -0.388 e. The second-order valence-electron chi connectivity index (χ2n) is 5.40. The van der Waals surface area contributed by atoms with Gasteiger partial charge in [0.2, 0.25) is 5.91 Å². The minimum atomic E-state index is -0.673. The molecule has 0 bridgehead atoms. The summed E-state index contributed by atoms with van der Waals surface area (Å²) in [4.78, 5) is 13.7. The first-order chi connectivity index (χ1) is 6.96. The summed E-state index contributed by atoms with van der Waals surface area (Å²) < 4.78 is 0.